The second-order valence-corrected chi connectivity index (χ2v) is 5.63. The number of anilines is 1. The predicted molar refractivity (Wildman–Crippen MR) is 81.1 cm³/mol. The Morgan fingerprint density at radius 3 is 2.50 bits per heavy atom. The number of piperazine rings is 1. The third-order valence-corrected chi connectivity index (χ3v) is 4.46. The number of nitrogens with zero attached hydrogens (tertiary/aromatic N) is 3. The molecule has 0 N–H and O–H groups in total. The highest BCUT2D eigenvalue weighted by Crippen LogP contribution is 2.27. The van der Waals surface area contributed by atoms with Gasteiger partial charge in [0.2, 0.25) is 5.91 Å². The number of carbonyl (C=O) groups is 1. The molecule has 0 spiro atoms. The summed E-state index contributed by atoms with van der Waals surface area (Å²) >= 11 is 0. The van der Waals surface area contributed by atoms with Crippen LogP contribution < -0.4 is 4.90 Å². The Morgan fingerprint density at radius 2 is 1.75 bits per heavy atom. The van der Waals surface area contributed by atoms with Crippen molar-refractivity contribution in [1.29, 1.82) is 0 Å². The number of rotatable bonds is 3. The van der Waals surface area contributed by atoms with Gasteiger partial charge in [-0.05, 0) is 24.6 Å². The Balaban J connectivity index is 1.58. The standard InChI is InChI=1S/C16H23N3O/c1-2-17-9-11-18(12-10-17)13-16(20)19-8-7-14-5-3-4-6-15(14)19/h3-6H,2,7-13H2,1H3. The van der Waals surface area contributed by atoms with Gasteiger partial charge in [-0.15, -0.1) is 0 Å². The van der Waals surface area contributed by atoms with Gasteiger partial charge in [0.15, 0.2) is 0 Å². The van der Waals surface area contributed by atoms with E-state index in [1.54, 1.807) is 0 Å². The van der Waals surface area contributed by atoms with E-state index in [4.69, 9.17) is 0 Å². The molecule has 0 aromatic heterocycles. The van der Waals surface area contributed by atoms with Crippen molar-refractivity contribution in [3.63, 3.8) is 0 Å². The molecule has 4 nitrogen and oxygen atoms in total. The second kappa shape index (κ2) is 5.94. The number of hydrogen-bond donors (Lipinski definition) is 0. The molecule has 2 heterocycles. The van der Waals surface area contributed by atoms with E-state index in [-0.39, 0.29) is 5.91 Å². The number of carbonyl (C=O) groups excluding carboxylic acids is 1. The third-order valence-electron chi connectivity index (χ3n) is 4.46. The summed E-state index contributed by atoms with van der Waals surface area (Å²) in [7, 11) is 0. The van der Waals surface area contributed by atoms with Gasteiger partial charge in [0, 0.05) is 38.4 Å². The Bertz CT molecular complexity index is 480. The molecule has 2 aliphatic rings. The molecule has 1 fully saturated rings. The molecule has 1 aromatic rings. The minimum Gasteiger partial charge on any atom is -0.311 e. The van der Waals surface area contributed by atoms with Crippen LogP contribution in [0.25, 0.3) is 0 Å². The molecule has 0 radical (unpaired) electrons. The second-order valence-electron chi connectivity index (χ2n) is 5.63. The van der Waals surface area contributed by atoms with E-state index in [0.717, 1.165) is 51.4 Å². The van der Waals surface area contributed by atoms with E-state index in [2.05, 4.69) is 34.9 Å². The lowest BCUT2D eigenvalue weighted by atomic mass is 10.2. The summed E-state index contributed by atoms with van der Waals surface area (Å²) < 4.78 is 0. The van der Waals surface area contributed by atoms with Gasteiger partial charge in [-0.3, -0.25) is 9.69 Å². The lowest BCUT2D eigenvalue weighted by molar-refractivity contribution is -0.120. The molecular weight excluding hydrogens is 250 g/mol. The van der Waals surface area contributed by atoms with E-state index in [0.29, 0.717) is 6.54 Å². The summed E-state index contributed by atoms with van der Waals surface area (Å²) in [6.07, 6.45) is 0.992. The maximum Gasteiger partial charge on any atom is 0.241 e. The smallest absolute Gasteiger partial charge is 0.241 e. The summed E-state index contributed by atoms with van der Waals surface area (Å²) in [5.41, 5.74) is 2.42. The molecule has 0 aliphatic carbocycles. The van der Waals surface area contributed by atoms with Crippen LogP contribution in [-0.4, -0.2) is 61.5 Å². The fraction of sp³-hybridized carbons (Fsp3) is 0.562. The average molecular weight is 273 g/mol. The van der Waals surface area contributed by atoms with Crippen molar-refractivity contribution in [1.82, 2.24) is 9.80 Å². The van der Waals surface area contributed by atoms with Crippen molar-refractivity contribution >= 4 is 11.6 Å². The van der Waals surface area contributed by atoms with Crippen LogP contribution >= 0.6 is 0 Å². The summed E-state index contributed by atoms with van der Waals surface area (Å²) in [5, 5.41) is 0. The molecule has 1 saturated heterocycles. The number of para-hydroxylation sites is 1. The molecule has 2 aliphatic heterocycles. The first-order valence-electron chi connectivity index (χ1n) is 7.61. The molecular formula is C16H23N3O. The lowest BCUT2D eigenvalue weighted by Crippen LogP contribution is -2.49. The topological polar surface area (TPSA) is 26.8 Å². The van der Waals surface area contributed by atoms with Crippen molar-refractivity contribution in [3.05, 3.63) is 29.8 Å². The van der Waals surface area contributed by atoms with Crippen molar-refractivity contribution in [2.24, 2.45) is 0 Å². The maximum atomic E-state index is 12.5. The average Bonchev–Trinajstić information content (AvgIpc) is 2.92. The number of benzene rings is 1. The highest BCUT2D eigenvalue weighted by atomic mass is 16.2. The van der Waals surface area contributed by atoms with Crippen molar-refractivity contribution in [3.8, 4) is 0 Å². The van der Waals surface area contributed by atoms with E-state index in [1.807, 2.05) is 11.0 Å². The fourth-order valence-electron chi connectivity index (χ4n) is 3.14. The molecule has 0 unspecified atom stereocenters. The quantitative estimate of drug-likeness (QED) is 0.828. The molecule has 4 heteroatoms. The number of amides is 1. The number of hydrogen-bond acceptors (Lipinski definition) is 3. The van der Waals surface area contributed by atoms with E-state index in [9.17, 15) is 4.79 Å². The van der Waals surface area contributed by atoms with Gasteiger partial charge >= 0.3 is 0 Å². The summed E-state index contributed by atoms with van der Waals surface area (Å²) in [6.45, 7) is 8.90. The van der Waals surface area contributed by atoms with Gasteiger partial charge in [-0.1, -0.05) is 25.1 Å². The summed E-state index contributed by atoms with van der Waals surface area (Å²) in [6, 6.07) is 8.26. The molecule has 0 atom stereocenters. The van der Waals surface area contributed by atoms with Gasteiger partial charge in [-0.2, -0.15) is 0 Å². The Morgan fingerprint density at radius 1 is 1.05 bits per heavy atom. The van der Waals surface area contributed by atoms with Crippen LogP contribution in [0.2, 0.25) is 0 Å². The molecule has 3 rings (SSSR count). The van der Waals surface area contributed by atoms with Gasteiger partial charge in [0.1, 0.15) is 0 Å². The first-order valence-corrected chi connectivity index (χ1v) is 7.61. The first kappa shape index (κ1) is 13.6. The molecule has 0 saturated carbocycles. The highest BCUT2D eigenvalue weighted by Gasteiger charge is 2.26. The van der Waals surface area contributed by atoms with Crippen LogP contribution in [0.5, 0.6) is 0 Å². The van der Waals surface area contributed by atoms with E-state index in [1.165, 1.54) is 5.56 Å². The predicted octanol–water partition coefficient (Wildman–Crippen LogP) is 1.21. The van der Waals surface area contributed by atoms with E-state index >= 15 is 0 Å². The zero-order chi connectivity index (χ0) is 13.9. The largest absolute Gasteiger partial charge is 0.311 e. The zero-order valence-electron chi connectivity index (χ0n) is 12.2. The third kappa shape index (κ3) is 2.72. The van der Waals surface area contributed by atoms with Crippen LogP contribution in [0.3, 0.4) is 0 Å². The molecule has 20 heavy (non-hydrogen) atoms. The Hall–Kier alpha value is -1.39. The highest BCUT2D eigenvalue weighted by molar-refractivity contribution is 5.96. The minimum absolute atomic E-state index is 0.250. The van der Waals surface area contributed by atoms with Crippen LogP contribution in [0, 0.1) is 0 Å². The normalized spacial score (nSPS) is 20.1. The van der Waals surface area contributed by atoms with Crippen LogP contribution in [0.15, 0.2) is 24.3 Å². The lowest BCUT2D eigenvalue weighted by Gasteiger charge is -2.34. The van der Waals surface area contributed by atoms with Gasteiger partial charge in [-0.25, -0.2) is 0 Å². The molecule has 0 bridgehead atoms. The molecule has 1 amide bonds. The first-order chi connectivity index (χ1) is 9.78. The van der Waals surface area contributed by atoms with E-state index < -0.39 is 0 Å². The van der Waals surface area contributed by atoms with Crippen LogP contribution in [-0.2, 0) is 11.2 Å². The Labute approximate surface area is 121 Å². The van der Waals surface area contributed by atoms with Crippen LogP contribution in [0.1, 0.15) is 12.5 Å². The monoisotopic (exact) mass is 273 g/mol. The summed E-state index contributed by atoms with van der Waals surface area (Å²) in [5.74, 6) is 0.250. The van der Waals surface area contributed by atoms with Crippen molar-refractivity contribution in [2.45, 2.75) is 13.3 Å². The van der Waals surface area contributed by atoms with Crippen molar-refractivity contribution in [2.75, 3.05) is 50.7 Å². The maximum absolute atomic E-state index is 12.5. The molecule has 108 valence electrons. The van der Waals surface area contributed by atoms with Gasteiger partial charge in [0.25, 0.3) is 0 Å². The number of fused-ring (bicyclic) bond motifs is 1. The van der Waals surface area contributed by atoms with Crippen LogP contribution in [0.4, 0.5) is 5.69 Å². The summed E-state index contributed by atoms with van der Waals surface area (Å²) in [4.78, 5) is 19.2. The Kier molecular flexibility index (Phi) is 4.03. The minimum atomic E-state index is 0.250. The fourth-order valence-corrected chi connectivity index (χ4v) is 3.14. The van der Waals surface area contributed by atoms with Gasteiger partial charge in [0.05, 0.1) is 6.54 Å². The van der Waals surface area contributed by atoms with Crippen molar-refractivity contribution < 1.29 is 4.79 Å². The molecule has 1 aromatic carbocycles. The van der Waals surface area contributed by atoms with Gasteiger partial charge < -0.3 is 9.80 Å². The SMILES string of the molecule is CCN1CCN(CC(=O)N2CCc3ccccc32)CC1. The number of likely N-dealkylation sites (N-methyl/N-ethyl adjacent to an activating group) is 1. The zero-order valence-corrected chi connectivity index (χ0v) is 12.2.